The van der Waals surface area contributed by atoms with E-state index >= 15 is 0 Å². The predicted octanol–water partition coefficient (Wildman–Crippen LogP) is 5.17. The molecule has 0 saturated carbocycles. The van der Waals surface area contributed by atoms with Crippen LogP contribution < -0.4 is 9.47 Å². The second-order valence-electron chi connectivity index (χ2n) is 8.77. The second-order valence-corrected chi connectivity index (χ2v) is 8.77. The Kier molecular flexibility index (Phi) is 6.66. The highest BCUT2D eigenvalue weighted by Gasteiger charge is 2.34. The van der Waals surface area contributed by atoms with Crippen molar-refractivity contribution in [2.45, 2.75) is 31.8 Å². The van der Waals surface area contributed by atoms with Gasteiger partial charge in [-0.2, -0.15) is 0 Å². The molecular formula is C28H28FN3O3. The van der Waals surface area contributed by atoms with Crippen LogP contribution in [0, 0.1) is 5.82 Å². The zero-order valence-electron chi connectivity index (χ0n) is 19.7. The van der Waals surface area contributed by atoms with Crippen LogP contribution in [0.4, 0.5) is 4.39 Å². The Labute approximate surface area is 203 Å². The summed E-state index contributed by atoms with van der Waals surface area (Å²) in [6, 6.07) is 22.0. The van der Waals surface area contributed by atoms with E-state index in [9.17, 15) is 9.18 Å². The number of likely N-dealkylation sites (tertiary alicyclic amines) is 1. The minimum atomic E-state index is -0.275. The van der Waals surface area contributed by atoms with Gasteiger partial charge in [0.1, 0.15) is 11.6 Å². The molecular weight excluding hydrogens is 445 g/mol. The van der Waals surface area contributed by atoms with Gasteiger partial charge >= 0.3 is 0 Å². The monoisotopic (exact) mass is 473 g/mol. The van der Waals surface area contributed by atoms with Crippen LogP contribution in [0.15, 0.2) is 72.8 Å². The zero-order valence-corrected chi connectivity index (χ0v) is 19.7. The molecule has 3 aromatic carbocycles. The van der Waals surface area contributed by atoms with Crippen molar-refractivity contribution in [3.05, 3.63) is 90.0 Å². The number of hydrogen-bond acceptors (Lipinski definition) is 4. The van der Waals surface area contributed by atoms with Crippen LogP contribution in [-0.2, 0) is 17.9 Å². The lowest BCUT2D eigenvalue weighted by Crippen LogP contribution is -2.24. The van der Waals surface area contributed by atoms with Crippen LogP contribution in [-0.4, -0.2) is 40.6 Å². The molecule has 180 valence electrons. The first-order valence-corrected chi connectivity index (χ1v) is 11.9. The lowest BCUT2D eigenvalue weighted by atomic mass is 10.1. The molecule has 0 aliphatic carbocycles. The van der Waals surface area contributed by atoms with Crippen molar-refractivity contribution in [1.82, 2.24) is 14.5 Å². The van der Waals surface area contributed by atoms with Gasteiger partial charge in [0, 0.05) is 32.0 Å². The number of rotatable bonds is 9. The van der Waals surface area contributed by atoms with E-state index in [1.807, 2.05) is 47.4 Å². The number of hydrogen-bond donors (Lipinski definition) is 0. The fraction of sp³-hybridized carbons (Fsp3) is 0.286. The summed E-state index contributed by atoms with van der Waals surface area (Å²) in [6.45, 7) is 2.33. The van der Waals surface area contributed by atoms with Gasteiger partial charge in [0.25, 0.3) is 0 Å². The Morgan fingerprint density at radius 3 is 2.54 bits per heavy atom. The molecule has 6 nitrogen and oxygen atoms in total. The Morgan fingerprint density at radius 2 is 1.74 bits per heavy atom. The number of carbonyl (C=O) groups excluding carboxylic acids is 1. The van der Waals surface area contributed by atoms with E-state index in [0.717, 1.165) is 41.1 Å². The third-order valence-corrected chi connectivity index (χ3v) is 6.40. The predicted molar refractivity (Wildman–Crippen MR) is 132 cm³/mol. The summed E-state index contributed by atoms with van der Waals surface area (Å²) in [5, 5.41) is 0. The van der Waals surface area contributed by atoms with E-state index < -0.39 is 0 Å². The number of imidazole rings is 1. The van der Waals surface area contributed by atoms with Crippen molar-refractivity contribution in [3.63, 3.8) is 0 Å². The molecule has 0 spiro atoms. The van der Waals surface area contributed by atoms with E-state index in [4.69, 9.17) is 14.5 Å². The lowest BCUT2D eigenvalue weighted by molar-refractivity contribution is -0.128. The molecule has 1 amide bonds. The minimum absolute atomic E-state index is 0.00508. The fourth-order valence-electron chi connectivity index (χ4n) is 4.69. The fourth-order valence-corrected chi connectivity index (χ4v) is 4.69. The van der Waals surface area contributed by atoms with Crippen LogP contribution in [0.25, 0.3) is 11.0 Å². The van der Waals surface area contributed by atoms with Gasteiger partial charge in [-0.3, -0.25) is 4.79 Å². The highest BCUT2D eigenvalue weighted by molar-refractivity contribution is 5.81. The van der Waals surface area contributed by atoms with Crippen LogP contribution in [0.5, 0.6) is 11.5 Å². The molecule has 1 atom stereocenters. The summed E-state index contributed by atoms with van der Waals surface area (Å²) in [7, 11) is 1.63. The summed E-state index contributed by atoms with van der Waals surface area (Å²) in [6.07, 6.45) is 1.20. The zero-order chi connectivity index (χ0) is 24.2. The number of amides is 1. The number of nitrogens with zero attached hydrogens (tertiary/aromatic N) is 3. The van der Waals surface area contributed by atoms with Crippen molar-refractivity contribution >= 4 is 16.9 Å². The number of benzene rings is 3. The first-order valence-electron chi connectivity index (χ1n) is 11.9. The van der Waals surface area contributed by atoms with Gasteiger partial charge in [0.2, 0.25) is 5.91 Å². The second kappa shape index (κ2) is 10.2. The number of aromatic nitrogens is 2. The van der Waals surface area contributed by atoms with Crippen LogP contribution in [0.3, 0.4) is 0 Å². The van der Waals surface area contributed by atoms with Gasteiger partial charge < -0.3 is 18.9 Å². The summed E-state index contributed by atoms with van der Waals surface area (Å²) in [5.41, 5.74) is 2.91. The van der Waals surface area contributed by atoms with Gasteiger partial charge in [-0.05, 0) is 48.4 Å². The van der Waals surface area contributed by atoms with Gasteiger partial charge in [-0.15, -0.1) is 0 Å². The third kappa shape index (κ3) is 4.99. The number of methoxy groups -OCH3 is 1. The largest absolute Gasteiger partial charge is 0.493 e. The number of para-hydroxylation sites is 4. The number of carbonyl (C=O) groups is 1. The van der Waals surface area contributed by atoms with Gasteiger partial charge in [-0.1, -0.05) is 36.4 Å². The van der Waals surface area contributed by atoms with E-state index in [-0.39, 0.29) is 17.6 Å². The van der Waals surface area contributed by atoms with Crippen molar-refractivity contribution in [2.75, 3.05) is 20.3 Å². The highest BCUT2D eigenvalue weighted by atomic mass is 19.1. The summed E-state index contributed by atoms with van der Waals surface area (Å²) in [5.74, 6) is 2.19. The average Bonchev–Trinajstić information content (AvgIpc) is 3.43. The molecule has 0 radical (unpaired) electrons. The molecule has 1 aliphatic heterocycles. The van der Waals surface area contributed by atoms with Gasteiger partial charge in [0.05, 0.1) is 24.8 Å². The van der Waals surface area contributed by atoms with Crippen molar-refractivity contribution < 1.29 is 18.7 Å². The maximum atomic E-state index is 13.3. The molecule has 7 heteroatoms. The standard InChI is InChI=1S/C28H28FN3O3/c1-34-25-9-4-5-10-26(25)35-16-6-15-32-24-8-3-2-7-23(24)30-28(32)21-17-27(33)31(19-21)18-20-11-13-22(29)14-12-20/h2-5,7-14,21H,6,15-19H2,1H3/t21-/m0/s1. The molecule has 0 unspecified atom stereocenters. The highest BCUT2D eigenvalue weighted by Crippen LogP contribution is 2.32. The molecule has 2 heterocycles. The average molecular weight is 474 g/mol. The SMILES string of the molecule is COc1ccccc1OCCCn1c([C@H]2CC(=O)N(Cc3ccc(F)cc3)C2)nc2ccccc21. The molecule has 0 bridgehead atoms. The van der Waals surface area contributed by atoms with E-state index in [1.165, 1.54) is 12.1 Å². The molecule has 1 aliphatic rings. The Balaban J connectivity index is 1.30. The lowest BCUT2D eigenvalue weighted by Gasteiger charge is -2.17. The number of fused-ring (bicyclic) bond motifs is 1. The Bertz CT molecular complexity index is 1320. The first kappa shape index (κ1) is 22.9. The van der Waals surface area contributed by atoms with Crippen molar-refractivity contribution in [3.8, 4) is 11.5 Å². The van der Waals surface area contributed by atoms with Gasteiger partial charge in [0.15, 0.2) is 11.5 Å². The first-order chi connectivity index (χ1) is 17.1. The Hall–Kier alpha value is -3.87. The van der Waals surface area contributed by atoms with E-state index in [1.54, 1.807) is 19.2 Å². The Morgan fingerprint density at radius 1 is 1.00 bits per heavy atom. The maximum absolute atomic E-state index is 13.3. The quantitative estimate of drug-likeness (QED) is 0.315. The molecule has 0 N–H and O–H groups in total. The summed E-state index contributed by atoms with van der Waals surface area (Å²) >= 11 is 0. The number of ether oxygens (including phenoxy) is 2. The topological polar surface area (TPSA) is 56.6 Å². The normalized spacial score (nSPS) is 15.7. The minimum Gasteiger partial charge on any atom is -0.493 e. The molecule has 1 fully saturated rings. The van der Waals surface area contributed by atoms with Gasteiger partial charge in [-0.25, -0.2) is 9.37 Å². The van der Waals surface area contributed by atoms with Crippen LogP contribution in [0.1, 0.15) is 30.1 Å². The number of halogens is 1. The van der Waals surface area contributed by atoms with Crippen LogP contribution >= 0.6 is 0 Å². The molecule has 1 aromatic heterocycles. The third-order valence-electron chi connectivity index (χ3n) is 6.40. The number of aryl methyl sites for hydroxylation is 1. The van der Waals surface area contributed by atoms with Crippen LogP contribution in [0.2, 0.25) is 0 Å². The summed E-state index contributed by atoms with van der Waals surface area (Å²) < 4.78 is 26.8. The molecule has 5 rings (SSSR count). The summed E-state index contributed by atoms with van der Waals surface area (Å²) in [4.78, 5) is 19.6. The molecule has 35 heavy (non-hydrogen) atoms. The smallest absolute Gasteiger partial charge is 0.223 e. The van der Waals surface area contributed by atoms with E-state index in [2.05, 4.69) is 10.6 Å². The van der Waals surface area contributed by atoms with E-state index in [0.29, 0.717) is 31.9 Å². The van der Waals surface area contributed by atoms with Crippen molar-refractivity contribution in [1.29, 1.82) is 0 Å². The van der Waals surface area contributed by atoms with Crippen molar-refractivity contribution in [2.24, 2.45) is 0 Å². The molecule has 1 saturated heterocycles. The molecule has 4 aromatic rings. The maximum Gasteiger partial charge on any atom is 0.223 e.